The van der Waals surface area contributed by atoms with Gasteiger partial charge in [0, 0.05) is 6.61 Å². The summed E-state index contributed by atoms with van der Waals surface area (Å²) >= 11 is 0. The third kappa shape index (κ3) is 5.33. The summed E-state index contributed by atoms with van der Waals surface area (Å²) in [5.74, 6) is 0. The quantitative estimate of drug-likeness (QED) is 0.346. The van der Waals surface area contributed by atoms with E-state index in [4.69, 9.17) is 9.47 Å². The van der Waals surface area contributed by atoms with Crippen LogP contribution in [0.3, 0.4) is 0 Å². The third-order valence-electron chi connectivity index (χ3n) is 1.75. The molecule has 1 aliphatic heterocycles. The molecule has 0 bridgehead atoms. The molecular weight excluding hydrogens is 152 g/mol. The van der Waals surface area contributed by atoms with Gasteiger partial charge in [0.05, 0.1) is 13.2 Å². The van der Waals surface area contributed by atoms with Gasteiger partial charge in [0.1, 0.15) is 6.10 Å². The Morgan fingerprint density at radius 2 is 2.33 bits per heavy atom. The molecule has 0 radical (unpaired) electrons. The van der Waals surface area contributed by atoms with Crippen molar-refractivity contribution in [2.45, 2.75) is 32.8 Å². The molecule has 1 rings (SSSR count). The normalized spacial score (nSPS) is 20.7. The Labute approximate surface area is 74.6 Å². The number of allylic oxidation sites excluding steroid dienone is 2. The van der Waals surface area contributed by atoms with Gasteiger partial charge in [-0.3, -0.25) is 0 Å². The van der Waals surface area contributed by atoms with E-state index in [0.717, 1.165) is 32.7 Å². The maximum atomic E-state index is 5.39. The van der Waals surface area contributed by atoms with E-state index in [1.54, 1.807) is 0 Å². The van der Waals surface area contributed by atoms with Crippen molar-refractivity contribution in [2.24, 2.45) is 0 Å². The van der Waals surface area contributed by atoms with Crippen LogP contribution < -0.4 is 0 Å². The molecule has 70 valence electrons. The number of hydrogen-bond donors (Lipinski definition) is 0. The van der Waals surface area contributed by atoms with Gasteiger partial charge in [0.15, 0.2) is 0 Å². The number of ether oxygens (including phenoxy) is 2. The van der Waals surface area contributed by atoms with Gasteiger partial charge in [-0.15, -0.1) is 0 Å². The highest BCUT2D eigenvalue weighted by atomic mass is 16.6. The Morgan fingerprint density at radius 3 is 2.92 bits per heavy atom. The number of rotatable bonds is 6. The second kappa shape index (κ2) is 5.33. The summed E-state index contributed by atoms with van der Waals surface area (Å²) < 4.78 is 10.4. The lowest BCUT2D eigenvalue weighted by Crippen LogP contribution is -2.02. The molecule has 1 unspecified atom stereocenters. The first-order valence-electron chi connectivity index (χ1n) is 4.62. The summed E-state index contributed by atoms with van der Waals surface area (Å²) in [6.07, 6.45) is 4.91. The molecule has 0 aliphatic carbocycles. The van der Waals surface area contributed by atoms with E-state index in [-0.39, 0.29) is 0 Å². The van der Waals surface area contributed by atoms with Gasteiger partial charge in [-0.25, -0.2) is 0 Å². The van der Waals surface area contributed by atoms with Crippen molar-refractivity contribution in [3.8, 4) is 0 Å². The van der Waals surface area contributed by atoms with Gasteiger partial charge in [0.2, 0.25) is 0 Å². The van der Waals surface area contributed by atoms with Crippen LogP contribution in [-0.4, -0.2) is 25.9 Å². The van der Waals surface area contributed by atoms with Gasteiger partial charge in [-0.2, -0.15) is 0 Å². The molecule has 0 aromatic rings. The highest BCUT2D eigenvalue weighted by Gasteiger charge is 2.21. The topological polar surface area (TPSA) is 21.8 Å². The van der Waals surface area contributed by atoms with Crippen molar-refractivity contribution in [3.63, 3.8) is 0 Å². The van der Waals surface area contributed by atoms with Crippen LogP contribution in [0, 0.1) is 0 Å². The van der Waals surface area contributed by atoms with Crippen LogP contribution in [0.1, 0.15) is 26.7 Å². The van der Waals surface area contributed by atoms with E-state index >= 15 is 0 Å². The second-order valence-corrected chi connectivity index (χ2v) is 3.45. The molecule has 2 heteroatoms. The molecule has 1 aliphatic rings. The molecule has 0 spiro atoms. The highest BCUT2D eigenvalue weighted by molar-refractivity contribution is 4.92. The molecule has 0 aromatic heterocycles. The van der Waals surface area contributed by atoms with E-state index in [9.17, 15) is 0 Å². The lowest BCUT2D eigenvalue weighted by atomic mass is 10.2. The predicted octanol–water partition coefficient (Wildman–Crippen LogP) is 2.15. The zero-order valence-electron chi connectivity index (χ0n) is 8.01. The maximum Gasteiger partial charge on any atom is 0.104 e. The number of unbranched alkanes of at least 4 members (excludes halogenated alkanes) is 1. The summed E-state index contributed by atoms with van der Waals surface area (Å²) in [6.45, 7) is 6.80. The predicted molar refractivity (Wildman–Crippen MR) is 49.2 cm³/mol. The van der Waals surface area contributed by atoms with Gasteiger partial charge < -0.3 is 9.47 Å². The van der Waals surface area contributed by atoms with E-state index in [1.165, 1.54) is 5.57 Å². The molecule has 0 aromatic carbocycles. The molecular formula is C10H18O2. The zero-order valence-corrected chi connectivity index (χ0v) is 8.01. The van der Waals surface area contributed by atoms with Crippen molar-refractivity contribution in [3.05, 3.63) is 11.6 Å². The Kier molecular flexibility index (Phi) is 4.33. The first kappa shape index (κ1) is 9.75. The number of epoxide rings is 1. The lowest BCUT2D eigenvalue weighted by molar-refractivity contribution is 0.115. The molecule has 12 heavy (non-hydrogen) atoms. The Morgan fingerprint density at radius 1 is 1.58 bits per heavy atom. The molecule has 1 heterocycles. The summed E-state index contributed by atoms with van der Waals surface area (Å²) in [7, 11) is 0. The lowest BCUT2D eigenvalue weighted by Gasteiger charge is -1.99. The average Bonchev–Trinajstić information content (AvgIpc) is 2.79. The fourth-order valence-corrected chi connectivity index (χ4v) is 0.955. The summed E-state index contributed by atoms with van der Waals surface area (Å²) in [5.41, 5.74) is 1.39. The Balaban J connectivity index is 1.78. The first-order chi connectivity index (χ1) is 5.79. The van der Waals surface area contributed by atoms with Crippen LogP contribution in [-0.2, 0) is 9.47 Å². The van der Waals surface area contributed by atoms with Gasteiger partial charge in [0.25, 0.3) is 0 Å². The maximum absolute atomic E-state index is 5.39. The van der Waals surface area contributed by atoms with Crippen LogP contribution in [0.25, 0.3) is 0 Å². The summed E-state index contributed by atoms with van der Waals surface area (Å²) in [6, 6.07) is 0. The van der Waals surface area contributed by atoms with Crippen LogP contribution in [0.15, 0.2) is 11.6 Å². The van der Waals surface area contributed by atoms with Crippen LogP contribution in [0.5, 0.6) is 0 Å². The van der Waals surface area contributed by atoms with Crippen molar-refractivity contribution in [2.75, 3.05) is 19.8 Å². The largest absolute Gasteiger partial charge is 0.379 e. The Hall–Kier alpha value is -0.340. The molecule has 1 atom stereocenters. The van der Waals surface area contributed by atoms with Crippen LogP contribution >= 0.6 is 0 Å². The minimum absolute atomic E-state index is 0.411. The van der Waals surface area contributed by atoms with E-state index in [0.29, 0.717) is 6.10 Å². The van der Waals surface area contributed by atoms with Crippen molar-refractivity contribution >= 4 is 0 Å². The van der Waals surface area contributed by atoms with Crippen molar-refractivity contribution in [1.29, 1.82) is 0 Å². The van der Waals surface area contributed by atoms with Gasteiger partial charge in [-0.1, -0.05) is 11.6 Å². The van der Waals surface area contributed by atoms with E-state index < -0.39 is 0 Å². The SMILES string of the molecule is CC(C)=CCCCOCC1CO1. The fraction of sp³-hybridized carbons (Fsp3) is 0.800. The summed E-state index contributed by atoms with van der Waals surface area (Å²) in [4.78, 5) is 0. The minimum atomic E-state index is 0.411. The zero-order chi connectivity index (χ0) is 8.81. The highest BCUT2D eigenvalue weighted by Crippen LogP contribution is 2.08. The monoisotopic (exact) mass is 170 g/mol. The van der Waals surface area contributed by atoms with E-state index in [2.05, 4.69) is 19.9 Å². The molecule has 1 fully saturated rings. The average molecular weight is 170 g/mol. The number of hydrogen-bond acceptors (Lipinski definition) is 2. The smallest absolute Gasteiger partial charge is 0.104 e. The molecule has 0 N–H and O–H groups in total. The van der Waals surface area contributed by atoms with E-state index in [1.807, 2.05) is 0 Å². The molecule has 1 saturated heterocycles. The third-order valence-corrected chi connectivity index (χ3v) is 1.75. The van der Waals surface area contributed by atoms with Gasteiger partial charge >= 0.3 is 0 Å². The Bertz CT molecular complexity index is 144. The fourth-order valence-electron chi connectivity index (χ4n) is 0.955. The standard InChI is InChI=1S/C10H18O2/c1-9(2)5-3-4-6-11-7-10-8-12-10/h5,10H,3-4,6-8H2,1-2H3. The molecule has 2 nitrogen and oxygen atoms in total. The van der Waals surface area contributed by atoms with Crippen molar-refractivity contribution in [1.82, 2.24) is 0 Å². The minimum Gasteiger partial charge on any atom is -0.379 e. The summed E-state index contributed by atoms with van der Waals surface area (Å²) in [5, 5.41) is 0. The van der Waals surface area contributed by atoms with Crippen molar-refractivity contribution < 1.29 is 9.47 Å². The van der Waals surface area contributed by atoms with Crippen LogP contribution in [0.4, 0.5) is 0 Å². The molecule has 0 amide bonds. The van der Waals surface area contributed by atoms with Crippen LogP contribution in [0.2, 0.25) is 0 Å². The van der Waals surface area contributed by atoms with Gasteiger partial charge in [-0.05, 0) is 26.7 Å². The second-order valence-electron chi connectivity index (χ2n) is 3.45. The first-order valence-corrected chi connectivity index (χ1v) is 4.62. The molecule has 0 saturated carbocycles.